The number of para-hydroxylation sites is 1. The minimum Gasteiger partial charge on any atom is -0.444 e. The Morgan fingerprint density at radius 3 is 2.62 bits per heavy atom. The number of fused-ring (bicyclic) bond motifs is 1. The molecule has 1 aromatic carbocycles. The van der Waals surface area contributed by atoms with E-state index in [0.717, 1.165) is 11.3 Å². The molecule has 0 N–H and O–H groups in total. The number of imidazole rings is 1. The van der Waals surface area contributed by atoms with Crippen LogP contribution in [0.5, 0.6) is 0 Å². The summed E-state index contributed by atoms with van der Waals surface area (Å²) in [7, 11) is -1.87. The van der Waals surface area contributed by atoms with Crippen LogP contribution in [0.1, 0.15) is 18.4 Å². The number of ether oxygens (including phenoxy) is 1. The SMILES string of the molecule is Cn1cnc(S(=O)(=O)N2CCC(N3C(=O)OCc4ccccc43)CC2)c1. The Hall–Kier alpha value is -2.39. The molecule has 138 valence electrons. The zero-order valence-corrected chi connectivity index (χ0v) is 15.2. The number of carbonyl (C=O) groups excluding carboxylic acids is 1. The van der Waals surface area contributed by atoms with Crippen LogP contribution in [0, 0.1) is 0 Å². The van der Waals surface area contributed by atoms with E-state index in [9.17, 15) is 13.2 Å². The second-order valence-corrected chi connectivity index (χ2v) is 8.45. The zero-order valence-electron chi connectivity index (χ0n) is 14.4. The summed E-state index contributed by atoms with van der Waals surface area (Å²) < 4.78 is 33.7. The highest BCUT2D eigenvalue weighted by molar-refractivity contribution is 7.89. The first-order valence-corrected chi connectivity index (χ1v) is 9.93. The number of cyclic esters (lactones) is 1. The Labute approximate surface area is 152 Å². The lowest BCUT2D eigenvalue weighted by molar-refractivity contribution is 0.136. The van der Waals surface area contributed by atoms with Crippen LogP contribution < -0.4 is 4.90 Å². The minimum absolute atomic E-state index is 0.0566. The molecule has 0 unspecified atom stereocenters. The molecule has 0 spiro atoms. The van der Waals surface area contributed by atoms with Crippen molar-refractivity contribution in [3.05, 3.63) is 42.4 Å². The Kier molecular flexibility index (Phi) is 4.20. The summed E-state index contributed by atoms with van der Waals surface area (Å²) in [6, 6.07) is 7.57. The molecule has 0 radical (unpaired) electrons. The molecule has 2 aromatic rings. The topological polar surface area (TPSA) is 84.7 Å². The average molecular weight is 376 g/mol. The number of aromatic nitrogens is 2. The number of hydrogen-bond acceptors (Lipinski definition) is 5. The first-order chi connectivity index (χ1) is 12.5. The monoisotopic (exact) mass is 376 g/mol. The molecule has 2 aliphatic rings. The summed E-state index contributed by atoms with van der Waals surface area (Å²) in [4.78, 5) is 18.0. The van der Waals surface area contributed by atoms with E-state index in [1.165, 1.54) is 16.8 Å². The van der Waals surface area contributed by atoms with E-state index < -0.39 is 10.0 Å². The van der Waals surface area contributed by atoms with Crippen molar-refractivity contribution >= 4 is 21.8 Å². The summed E-state index contributed by atoms with van der Waals surface area (Å²) in [5, 5.41) is 0.0566. The number of aryl methyl sites for hydroxylation is 1. The molecule has 3 heterocycles. The largest absolute Gasteiger partial charge is 0.444 e. The van der Waals surface area contributed by atoms with Crippen molar-refractivity contribution < 1.29 is 17.9 Å². The predicted molar refractivity (Wildman–Crippen MR) is 94.1 cm³/mol. The fraction of sp³-hybridized carbons (Fsp3) is 0.412. The number of rotatable bonds is 3. The van der Waals surface area contributed by atoms with Crippen molar-refractivity contribution in [2.24, 2.45) is 7.05 Å². The van der Waals surface area contributed by atoms with Crippen molar-refractivity contribution in [1.29, 1.82) is 0 Å². The number of nitrogens with zero attached hydrogens (tertiary/aromatic N) is 4. The average Bonchev–Trinajstić information content (AvgIpc) is 3.09. The fourth-order valence-electron chi connectivity index (χ4n) is 3.52. The van der Waals surface area contributed by atoms with Gasteiger partial charge in [-0.15, -0.1) is 0 Å². The van der Waals surface area contributed by atoms with E-state index in [1.54, 1.807) is 16.5 Å². The Bertz CT molecular complexity index is 932. The van der Waals surface area contributed by atoms with Crippen molar-refractivity contribution in [2.45, 2.75) is 30.5 Å². The van der Waals surface area contributed by atoms with Gasteiger partial charge in [0.1, 0.15) is 6.61 Å². The number of benzene rings is 1. The van der Waals surface area contributed by atoms with Crippen LogP contribution in [0.2, 0.25) is 0 Å². The number of hydrogen-bond donors (Lipinski definition) is 0. The smallest absolute Gasteiger partial charge is 0.414 e. The number of sulfonamides is 1. The maximum atomic E-state index is 12.7. The normalized spacial score (nSPS) is 19.3. The van der Waals surface area contributed by atoms with Crippen molar-refractivity contribution in [3.8, 4) is 0 Å². The van der Waals surface area contributed by atoms with Gasteiger partial charge in [-0.2, -0.15) is 4.31 Å². The molecule has 4 rings (SSSR count). The highest BCUT2D eigenvalue weighted by Gasteiger charge is 2.37. The van der Waals surface area contributed by atoms with Crippen LogP contribution in [-0.4, -0.2) is 47.5 Å². The summed E-state index contributed by atoms with van der Waals surface area (Å²) >= 11 is 0. The summed E-state index contributed by atoms with van der Waals surface area (Å²) in [5.74, 6) is 0. The van der Waals surface area contributed by atoms with Gasteiger partial charge in [0.15, 0.2) is 5.03 Å². The third-order valence-corrected chi connectivity index (χ3v) is 6.66. The van der Waals surface area contributed by atoms with Gasteiger partial charge < -0.3 is 9.30 Å². The zero-order chi connectivity index (χ0) is 18.3. The van der Waals surface area contributed by atoms with Crippen molar-refractivity contribution in [3.63, 3.8) is 0 Å². The van der Waals surface area contributed by atoms with Crippen LogP contribution >= 0.6 is 0 Å². The molecule has 0 aliphatic carbocycles. The van der Waals surface area contributed by atoms with Crippen LogP contribution in [0.25, 0.3) is 0 Å². The number of anilines is 1. The molecule has 0 atom stereocenters. The molecule has 1 aromatic heterocycles. The molecule has 1 fully saturated rings. The summed E-state index contributed by atoms with van der Waals surface area (Å²) in [6.45, 7) is 0.962. The van der Waals surface area contributed by atoms with Gasteiger partial charge in [-0.1, -0.05) is 18.2 Å². The van der Waals surface area contributed by atoms with Gasteiger partial charge in [0.2, 0.25) is 0 Å². The van der Waals surface area contributed by atoms with Gasteiger partial charge in [0.25, 0.3) is 10.0 Å². The first-order valence-electron chi connectivity index (χ1n) is 8.49. The maximum absolute atomic E-state index is 12.7. The number of carbonyl (C=O) groups is 1. The lowest BCUT2D eigenvalue weighted by Gasteiger charge is -2.39. The molecular formula is C17H20N4O4S. The lowest BCUT2D eigenvalue weighted by Crippen LogP contribution is -2.50. The van der Waals surface area contributed by atoms with Crippen LogP contribution in [0.15, 0.2) is 41.8 Å². The third-order valence-electron chi connectivity index (χ3n) is 4.87. The molecule has 0 bridgehead atoms. The van der Waals surface area contributed by atoms with E-state index >= 15 is 0 Å². The Morgan fingerprint density at radius 1 is 1.19 bits per heavy atom. The maximum Gasteiger partial charge on any atom is 0.414 e. The van der Waals surface area contributed by atoms with Crippen LogP contribution in [-0.2, 0) is 28.4 Å². The summed E-state index contributed by atoms with van der Waals surface area (Å²) in [6.07, 6.45) is 3.71. The first kappa shape index (κ1) is 17.0. The van der Waals surface area contributed by atoms with E-state index in [-0.39, 0.29) is 23.8 Å². The minimum atomic E-state index is -3.60. The second-order valence-electron chi connectivity index (χ2n) is 6.57. The van der Waals surface area contributed by atoms with E-state index in [0.29, 0.717) is 25.9 Å². The molecule has 0 saturated carbocycles. The molecular weight excluding hydrogens is 356 g/mol. The highest BCUT2D eigenvalue weighted by Crippen LogP contribution is 2.32. The van der Waals surface area contributed by atoms with Gasteiger partial charge in [0.05, 0.1) is 12.0 Å². The second kappa shape index (κ2) is 6.40. The standard InChI is InChI=1S/C17H20N4O4S/c1-19-10-16(18-12-19)26(23,24)20-8-6-14(7-9-20)21-15-5-3-2-4-13(15)11-25-17(21)22/h2-5,10,12,14H,6-9,11H2,1H3. The molecule has 1 saturated heterocycles. The molecule has 8 nitrogen and oxygen atoms in total. The van der Waals surface area contributed by atoms with Gasteiger partial charge in [-0.25, -0.2) is 18.2 Å². The Morgan fingerprint density at radius 2 is 1.92 bits per heavy atom. The Balaban J connectivity index is 1.51. The van der Waals surface area contributed by atoms with Crippen molar-refractivity contribution in [2.75, 3.05) is 18.0 Å². The predicted octanol–water partition coefficient (Wildman–Crippen LogP) is 1.73. The molecule has 2 aliphatic heterocycles. The third kappa shape index (κ3) is 2.86. The summed E-state index contributed by atoms with van der Waals surface area (Å²) in [5.41, 5.74) is 1.82. The lowest BCUT2D eigenvalue weighted by atomic mass is 10.0. The number of piperidine rings is 1. The van der Waals surface area contributed by atoms with Crippen LogP contribution in [0.4, 0.5) is 10.5 Å². The van der Waals surface area contributed by atoms with Crippen LogP contribution in [0.3, 0.4) is 0 Å². The molecule has 9 heteroatoms. The van der Waals surface area contributed by atoms with E-state index in [4.69, 9.17) is 4.74 Å². The fourth-order valence-corrected chi connectivity index (χ4v) is 4.95. The van der Waals surface area contributed by atoms with Crippen molar-refractivity contribution in [1.82, 2.24) is 13.9 Å². The van der Waals surface area contributed by atoms with Gasteiger partial charge in [0, 0.05) is 37.9 Å². The molecule has 26 heavy (non-hydrogen) atoms. The number of amides is 1. The van der Waals surface area contributed by atoms with Gasteiger partial charge >= 0.3 is 6.09 Å². The van der Waals surface area contributed by atoms with E-state index in [1.807, 2.05) is 24.3 Å². The van der Waals surface area contributed by atoms with Gasteiger partial charge in [-0.05, 0) is 18.9 Å². The molecule has 1 amide bonds. The van der Waals surface area contributed by atoms with E-state index in [2.05, 4.69) is 4.98 Å². The highest BCUT2D eigenvalue weighted by atomic mass is 32.2. The van der Waals surface area contributed by atoms with Gasteiger partial charge in [-0.3, -0.25) is 4.90 Å². The quantitative estimate of drug-likeness (QED) is 0.814.